The van der Waals surface area contributed by atoms with Crippen LogP contribution in [0.1, 0.15) is 19.8 Å². The average Bonchev–Trinajstić information content (AvgIpc) is 2.63. The summed E-state index contributed by atoms with van der Waals surface area (Å²) in [4.78, 5) is 11.9. The third kappa shape index (κ3) is 5.33. The molecular formula is C17H25ClN2O5S. The van der Waals surface area contributed by atoms with E-state index in [9.17, 15) is 13.2 Å². The topological polar surface area (TPSA) is 76.2 Å². The van der Waals surface area contributed by atoms with Crippen LogP contribution in [0.5, 0.6) is 5.75 Å². The first-order valence-electron chi connectivity index (χ1n) is 8.61. The Hall–Kier alpha value is -1.35. The van der Waals surface area contributed by atoms with Crippen LogP contribution in [-0.2, 0) is 19.7 Å². The van der Waals surface area contributed by atoms with Crippen molar-refractivity contribution in [3.63, 3.8) is 0 Å². The maximum absolute atomic E-state index is 12.7. The molecule has 7 nitrogen and oxygen atoms in total. The minimum atomic E-state index is -3.66. The molecule has 1 heterocycles. The Kier molecular flexibility index (Phi) is 7.69. The van der Waals surface area contributed by atoms with Gasteiger partial charge in [-0.2, -0.15) is 17.0 Å². The normalized spacial score (nSPS) is 18.7. The van der Waals surface area contributed by atoms with E-state index in [1.165, 1.54) is 15.7 Å². The third-order valence-corrected chi connectivity index (χ3v) is 6.49. The zero-order valence-electron chi connectivity index (χ0n) is 15.1. The molecule has 1 aromatic carbocycles. The zero-order valence-corrected chi connectivity index (χ0v) is 16.6. The minimum Gasteiger partial charge on any atom is -0.491 e. The number of rotatable bonds is 8. The van der Waals surface area contributed by atoms with Crippen LogP contribution in [0.15, 0.2) is 24.3 Å². The van der Waals surface area contributed by atoms with Gasteiger partial charge in [-0.15, -0.1) is 0 Å². The van der Waals surface area contributed by atoms with Gasteiger partial charge in [0.15, 0.2) is 0 Å². The standard InChI is InChI=1S/C17H25ClN2O5S/c1-3-24-17(21)14-7-6-10-20(13-14)26(22,23)19(2)11-12-25-16-9-5-4-8-15(16)18/h4-5,8-9,14H,3,6-7,10-13H2,1-2H3/t14-/m0/s1. The number of likely N-dealkylation sites (N-methyl/N-ethyl adjacent to an activating group) is 1. The number of halogens is 1. The Morgan fingerprint density at radius 3 is 2.81 bits per heavy atom. The van der Waals surface area contributed by atoms with Gasteiger partial charge in [0.05, 0.1) is 17.5 Å². The van der Waals surface area contributed by atoms with Gasteiger partial charge in [-0.05, 0) is 31.9 Å². The van der Waals surface area contributed by atoms with E-state index in [0.717, 1.165) is 0 Å². The van der Waals surface area contributed by atoms with Crippen molar-refractivity contribution in [3.8, 4) is 5.75 Å². The molecule has 1 atom stereocenters. The summed E-state index contributed by atoms with van der Waals surface area (Å²) in [6.07, 6.45) is 1.27. The number of benzene rings is 1. The van der Waals surface area contributed by atoms with Crippen LogP contribution in [-0.4, -0.2) is 62.9 Å². The molecule has 1 saturated heterocycles. The summed E-state index contributed by atoms with van der Waals surface area (Å²) in [6, 6.07) is 7.03. The second-order valence-corrected chi connectivity index (χ2v) is 8.50. The number of esters is 1. The lowest BCUT2D eigenvalue weighted by Crippen LogP contribution is -2.49. The molecule has 146 valence electrons. The van der Waals surface area contributed by atoms with E-state index in [0.29, 0.717) is 36.8 Å². The highest BCUT2D eigenvalue weighted by atomic mass is 35.5. The van der Waals surface area contributed by atoms with Crippen molar-refractivity contribution in [2.24, 2.45) is 5.92 Å². The molecule has 26 heavy (non-hydrogen) atoms. The monoisotopic (exact) mass is 404 g/mol. The quantitative estimate of drug-likeness (QED) is 0.620. The molecule has 0 bridgehead atoms. The van der Waals surface area contributed by atoms with Crippen molar-refractivity contribution in [2.45, 2.75) is 19.8 Å². The lowest BCUT2D eigenvalue weighted by atomic mass is 10.0. The number of ether oxygens (including phenoxy) is 2. The van der Waals surface area contributed by atoms with Crippen LogP contribution >= 0.6 is 11.6 Å². The molecule has 1 fully saturated rings. The Balaban J connectivity index is 1.91. The Labute approximate surface area is 160 Å². The van der Waals surface area contributed by atoms with E-state index in [1.54, 1.807) is 31.2 Å². The number of carbonyl (C=O) groups excluding carboxylic acids is 1. The lowest BCUT2D eigenvalue weighted by molar-refractivity contribution is -0.149. The van der Waals surface area contributed by atoms with Gasteiger partial charge >= 0.3 is 5.97 Å². The summed E-state index contributed by atoms with van der Waals surface area (Å²) in [5, 5.41) is 0.478. The van der Waals surface area contributed by atoms with Gasteiger partial charge in [0, 0.05) is 26.7 Å². The first-order chi connectivity index (χ1) is 12.4. The molecule has 0 N–H and O–H groups in total. The molecule has 9 heteroatoms. The molecule has 0 spiro atoms. The largest absolute Gasteiger partial charge is 0.491 e. The van der Waals surface area contributed by atoms with Gasteiger partial charge in [0.25, 0.3) is 10.2 Å². The molecule has 0 saturated carbocycles. The van der Waals surface area contributed by atoms with E-state index in [2.05, 4.69) is 0 Å². The fraction of sp³-hybridized carbons (Fsp3) is 0.588. The number of carbonyl (C=O) groups is 1. The Morgan fingerprint density at radius 2 is 2.12 bits per heavy atom. The summed E-state index contributed by atoms with van der Waals surface area (Å²) < 4.78 is 38.6. The molecule has 0 aromatic heterocycles. The molecule has 1 aliphatic rings. The number of nitrogens with zero attached hydrogens (tertiary/aromatic N) is 2. The number of para-hydroxylation sites is 1. The first kappa shape index (κ1) is 21.0. The van der Waals surface area contributed by atoms with E-state index in [-0.39, 0.29) is 25.7 Å². The highest BCUT2D eigenvalue weighted by Crippen LogP contribution is 2.24. The number of hydrogen-bond donors (Lipinski definition) is 0. The highest BCUT2D eigenvalue weighted by Gasteiger charge is 2.35. The SMILES string of the molecule is CCOC(=O)[C@H]1CCCN(S(=O)(=O)N(C)CCOc2ccccc2Cl)C1. The van der Waals surface area contributed by atoms with Gasteiger partial charge in [-0.1, -0.05) is 23.7 Å². The summed E-state index contributed by atoms with van der Waals surface area (Å²) in [6.45, 7) is 2.93. The van der Waals surface area contributed by atoms with E-state index in [4.69, 9.17) is 21.1 Å². The minimum absolute atomic E-state index is 0.150. The van der Waals surface area contributed by atoms with Crippen LogP contribution in [0.3, 0.4) is 0 Å². The molecule has 0 unspecified atom stereocenters. The smallest absolute Gasteiger partial charge is 0.310 e. The van der Waals surface area contributed by atoms with E-state index >= 15 is 0 Å². The number of hydrogen-bond acceptors (Lipinski definition) is 5. The van der Waals surface area contributed by atoms with Gasteiger partial charge in [-0.25, -0.2) is 0 Å². The van der Waals surface area contributed by atoms with Crippen molar-refractivity contribution >= 4 is 27.8 Å². The van der Waals surface area contributed by atoms with E-state index < -0.39 is 16.1 Å². The predicted octanol–water partition coefficient (Wildman–Crippen LogP) is 2.17. The maximum atomic E-state index is 12.7. The summed E-state index contributed by atoms with van der Waals surface area (Å²) in [5.74, 6) is -0.233. The molecule has 2 rings (SSSR count). The van der Waals surface area contributed by atoms with Gasteiger partial charge < -0.3 is 9.47 Å². The van der Waals surface area contributed by atoms with Gasteiger partial charge in [0.2, 0.25) is 0 Å². The number of piperidine rings is 1. The summed E-state index contributed by atoms with van der Waals surface area (Å²) in [7, 11) is -2.16. The summed E-state index contributed by atoms with van der Waals surface area (Å²) >= 11 is 6.01. The molecule has 0 aliphatic carbocycles. The van der Waals surface area contributed by atoms with Crippen LogP contribution in [0.2, 0.25) is 5.02 Å². The van der Waals surface area contributed by atoms with Crippen LogP contribution < -0.4 is 4.74 Å². The molecule has 0 radical (unpaired) electrons. The predicted molar refractivity (Wildman–Crippen MR) is 99.4 cm³/mol. The average molecular weight is 405 g/mol. The fourth-order valence-electron chi connectivity index (χ4n) is 2.76. The van der Waals surface area contributed by atoms with Crippen molar-refractivity contribution < 1.29 is 22.7 Å². The second kappa shape index (κ2) is 9.55. The van der Waals surface area contributed by atoms with Crippen LogP contribution in [0.25, 0.3) is 0 Å². The first-order valence-corrected chi connectivity index (χ1v) is 10.4. The second-order valence-electron chi connectivity index (χ2n) is 6.06. The highest BCUT2D eigenvalue weighted by molar-refractivity contribution is 7.86. The van der Waals surface area contributed by atoms with Crippen LogP contribution in [0.4, 0.5) is 0 Å². The van der Waals surface area contributed by atoms with Crippen molar-refractivity contribution in [2.75, 3.05) is 39.9 Å². The van der Waals surface area contributed by atoms with Gasteiger partial charge in [-0.3, -0.25) is 4.79 Å². The zero-order chi connectivity index (χ0) is 19.2. The molecule has 1 aliphatic heterocycles. The fourth-order valence-corrected chi connectivity index (χ4v) is 4.38. The Bertz CT molecular complexity index is 713. The van der Waals surface area contributed by atoms with Gasteiger partial charge in [0.1, 0.15) is 12.4 Å². The summed E-state index contributed by atoms with van der Waals surface area (Å²) in [5.41, 5.74) is 0. The maximum Gasteiger partial charge on any atom is 0.310 e. The molecular weight excluding hydrogens is 380 g/mol. The Morgan fingerprint density at radius 1 is 1.38 bits per heavy atom. The molecule has 0 amide bonds. The third-order valence-electron chi connectivity index (χ3n) is 4.22. The molecule has 1 aromatic rings. The van der Waals surface area contributed by atoms with E-state index in [1.807, 2.05) is 0 Å². The lowest BCUT2D eigenvalue weighted by Gasteiger charge is -2.33. The van der Waals surface area contributed by atoms with Crippen molar-refractivity contribution in [1.82, 2.24) is 8.61 Å². The van der Waals surface area contributed by atoms with Crippen molar-refractivity contribution in [1.29, 1.82) is 0 Å². The van der Waals surface area contributed by atoms with Crippen molar-refractivity contribution in [3.05, 3.63) is 29.3 Å². The van der Waals surface area contributed by atoms with Crippen LogP contribution in [0, 0.1) is 5.92 Å².